The molecule has 0 aliphatic heterocycles. The van der Waals surface area contributed by atoms with Crippen molar-refractivity contribution in [3.63, 3.8) is 0 Å². The fourth-order valence-corrected chi connectivity index (χ4v) is 8.95. The second-order valence-corrected chi connectivity index (χ2v) is 15.2. The van der Waals surface area contributed by atoms with Gasteiger partial charge in [-0.2, -0.15) is 4.98 Å². The number of anilines is 6. The normalized spacial score (nSPS) is 11.9. The number of para-hydroxylation sites is 2. The van der Waals surface area contributed by atoms with Crippen molar-refractivity contribution in [1.29, 1.82) is 0 Å². The number of rotatable bonds is 6. The predicted molar refractivity (Wildman–Crippen MR) is 246 cm³/mol. The second kappa shape index (κ2) is 13.0. The van der Waals surface area contributed by atoms with E-state index >= 15 is 0 Å². The minimum Gasteiger partial charge on any atom is -0.456 e. The summed E-state index contributed by atoms with van der Waals surface area (Å²) in [5.41, 5.74) is 8.63. The Balaban J connectivity index is 0.981. The van der Waals surface area contributed by atoms with E-state index in [0.717, 1.165) is 93.6 Å². The first-order valence-electron chi connectivity index (χ1n) is 20.2. The van der Waals surface area contributed by atoms with Crippen LogP contribution < -0.4 is 9.80 Å². The lowest BCUT2D eigenvalue weighted by molar-refractivity contribution is 0.652. The molecule has 61 heavy (non-hydrogen) atoms. The van der Waals surface area contributed by atoms with Crippen molar-refractivity contribution in [3.8, 4) is 0 Å². The molecule has 0 aliphatic rings. The molecule has 0 saturated heterocycles. The van der Waals surface area contributed by atoms with Gasteiger partial charge in [0.25, 0.3) is 0 Å². The Morgan fingerprint density at radius 2 is 0.836 bits per heavy atom. The van der Waals surface area contributed by atoms with E-state index in [9.17, 15) is 0 Å². The highest BCUT2D eigenvalue weighted by Crippen LogP contribution is 2.44. The number of aromatic nitrogens is 3. The molecular formula is C53H31N5O3. The third-order valence-corrected chi connectivity index (χ3v) is 11.8. The molecule has 0 bridgehead atoms. The van der Waals surface area contributed by atoms with Crippen LogP contribution in [0.3, 0.4) is 0 Å². The number of furan rings is 3. The Labute approximate surface area is 347 Å². The first-order valence-corrected chi connectivity index (χ1v) is 20.2. The Kier molecular flexibility index (Phi) is 7.14. The molecule has 13 rings (SSSR count). The molecule has 13 aromatic rings. The van der Waals surface area contributed by atoms with Crippen molar-refractivity contribution in [2.75, 3.05) is 9.80 Å². The van der Waals surface area contributed by atoms with Gasteiger partial charge in [0, 0.05) is 56.7 Å². The van der Waals surface area contributed by atoms with Gasteiger partial charge >= 0.3 is 0 Å². The Morgan fingerprint density at radius 3 is 1.44 bits per heavy atom. The van der Waals surface area contributed by atoms with Gasteiger partial charge in [-0.15, -0.1) is 0 Å². The van der Waals surface area contributed by atoms with Crippen molar-refractivity contribution < 1.29 is 13.3 Å². The molecule has 0 amide bonds. The zero-order chi connectivity index (χ0) is 40.0. The topological polar surface area (TPSA) is 84.6 Å². The lowest BCUT2D eigenvalue weighted by Crippen LogP contribution is -2.12. The first-order chi connectivity index (χ1) is 30.2. The highest BCUT2D eigenvalue weighted by molar-refractivity contribution is 6.09. The van der Waals surface area contributed by atoms with E-state index in [4.69, 9.17) is 28.2 Å². The summed E-state index contributed by atoms with van der Waals surface area (Å²) in [7, 11) is 0. The van der Waals surface area contributed by atoms with Crippen LogP contribution in [0, 0.1) is 0 Å². The van der Waals surface area contributed by atoms with Gasteiger partial charge in [-0.1, -0.05) is 109 Å². The van der Waals surface area contributed by atoms with Crippen molar-refractivity contribution in [2.24, 2.45) is 0 Å². The van der Waals surface area contributed by atoms with Gasteiger partial charge in [0.15, 0.2) is 5.82 Å². The summed E-state index contributed by atoms with van der Waals surface area (Å²) in [6.45, 7) is 0. The summed E-state index contributed by atoms with van der Waals surface area (Å²) in [5.74, 6) is 1.28. The highest BCUT2D eigenvalue weighted by Gasteiger charge is 2.23. The van der Waals surface area contributed by atoms with Gasteiger partial charge in [0.2, 0.25) is 5.71 Å². The fraction of sp³-hybridized carbons (Fsp3) is 0. The predicted octanol–water partition coefficient (Wildman–Crippen LogP) is 14.8. The van der Waals surface area contributed by atoms with E-state index in [1.54, 1.807) is 6.20 Å². The van der Waals surface area contributed by atoms with Gasteiger partial charge in [-0.25, -0.2) is 9.97 Å². The summed E-state index contributed by atoms with van der Waals surface area (Å²) in [4.78, 5) is 19.6. The molecule has 0 aliphatic carbocycles. The van der Waals surface area contributed by atoms with Crippen LogP contribution in [-0.4, -0.2) is 15.0 Å². The Hall–Kier alpha value is -8.49. The Morgan fingerprint density at radius 1 is 0.344 bits per heavy atom. The van der Waals surface area contributed by atoms with Crippen molar-refractivity contribution in [3.05, 3.63) is 188 Å². The standard InChI is InChI=1S/C53H31N5O3/c1-3-15-36-32(11-1)13-9-19-43(36)57(34-23-25-40-38-17-5-7-21-45(38)59-47(40)27-34)50-29-49-42(30-54-50)52-53(61-49)56-51(31-55-52)58(44-20-10-14-33-12-2-4-16-37(33)44)35-24-26-41-39-18-6-8-22-46(39)60-48(41)28-35/h1-31H. The van der Waals surface area contributed by atoms with Gasteiger partial charge in [-0.05, 0) is 59.3 Å². The highest BCUT2D eigenvalue weighted by atomic mass is 16.3. The second-order valence-electron chi connectivity index (χ2n) is 15.2. The van der Waals surface area contributed by atoms with Crippen molar-refractivity contribution >= 4 is 122 Å². The minimum atomic E-state index is 0.405. The van der Waals surface area contributed by atoms with E-state index in [1.165, 1.54) is 0 Å². The number of benzene rings is 8. The fourth-order valence-electron chi connectivity index (χ4n) is 8.95. The maximum atomic E-state index is 6.67. The molecule has 5 heterocycles. The maximum absolute atomic E-state index is 6.67. The van der Waals surface area contributed by atoms with Gasteiger partial charge in [0.1, 0.15) is 39.2 Å². The summed E-state index contributed by atoms with van der Waals surface area (Å²) in [6.07, 6.45) is 3.64. The molecule has 0 fully saturated rings. The molecule has 8 heteroatoms. The number of hydrogen-bond donors (Lipinski definition) is 0. The maximum Gasteiger partial charge on any atom is 0.248 e. The molecule has 286 valence electrons. The van der Waals surface area contributed by atoms with E-state index < -0.39 is 0 Å². The monoisotopic (exact) mass is 785 g/mol. The largest absolute Gasteiger partial charge is 0.456 e. The average Bonchev–Trinajstić information content (AvgIpc) is 3.99. The van der Waals surface area contributed by atoms with E-state index in [2.05, 4.69) is 143 Å². The van der Waals surface area contributed by atoms with E-state index in [1.807, 2.05) is 48.7 Å². The number of pyridine rings is 1. The zero-order valence-corrected chi connectivity index (χ0v) is 32.4. The molecule has 5 aromatic heterocycles. The van der Waals surface area contributed by atoms with Crippen LogP contribution >= 0.6 is 0 Å². The molecule has 0 atom stereocenters. The lowest BCUT2D eigenvalue weighted by Gasteiger charge is -2.25. The van der Waals surface area contributed by atoms with Crippen molar-refractivity contribution in [1.82, 2.24) is 15.0 Å². The minimum absolute atomic E-state index is 0.405. The van der Waals surface area contributed by atoms with Crippen LogP contribution in [0.5, 0.6) is 0 Å². The SMILES string of the molecule is c1ccc2c(N(c3ccc4c(c3)oc3ccccc34)c3cc4oc5nc(N(c6ccc7c(c6)oc6ccccc67)c6cccc7ccccc67)cnc5c4cn3)cccc2c1. The van der Waals surface area contributed by atoms with Crippen LogP contribution in [0.15, 0.2) is 202 Å². The zero-order valence-electron chi connectivity index (χ0n) is 32.4. The molecular weight excluding hydrogens is 755 g/mol. The van der Waals surface area contributed by atoms with Crippen molar-refractivity contribution in [2.45, 2.75) is 0 Å². The van der Waals surface area contributed by atoms with Crippen LogP contribution in [0.2, 0.25) is 0 Å². The third-order valence-electron chi connectivity index (χ3n) is 11.8. The quantitative estimate of drug-likeness (QED) is 0.165. The number of fused-ring (bicyclic) bond motifs is 11. The van der Waals surface area contributed by atoms with E-state index in [0.29, 0.717) is 28.4 Å². The summed E-state index contributed by atoms with van der Waals surface area (Å²) in [5, 5.41) is 9.42. The van der Waals surface area contributed by atoms with E-state index in [-0.39, 0.29) is 0 Å². The smallest absolute Gasteiger partial charge is 0.248 e. The Bertz CT molecular complexity index is 3620. The van der Waals surface area contributed by atoms with Crippen LogP contribution in [0.25, 0.3) is 87.6 Å². The van der Waals surface area contributed by atoms with Crippen LogP contribution in [0.4, 0.5) is 34.4 Å². The molecule has 0 saturated carbocycles. The van der Waals surface area contributed by atoms with Crippen LogP contribution in [-0.2, 0) is 0 Å². The lowest BCUT2D eigenvalue weighted by atomic mass is 10.1. The molecule has 8 nitrogen and oxygen atoms in total. The summed E-state index contributed by atoms with van der Waals surface area (Å²) in [6, 6.07) is 60.2. The van der Waals surface area contributed by atoms with Gasteiger partial charge in [0.05, 0.1) is 34.3 Å². The third kappa shape index (κ3) is 5.22. The van der Waals surface area contributed by atoms with Gasteiger partial charge < -0.3 is 13.3 Å². The molecule has 0 unspecified atom stereocenters. The van der Waals surface area contributed by atoms with Gasteiger partial charge in [-0.3, -0.25) is 9.80 Å². The van der Waals surface area contributed by atoms with Crippen LogP contribution in [0.1, 0.15) is 0 Å². The first kappa shape index (κ1) is 33.5. The average molecular weight is 786 g/mol. The number of nitrogens with zero attached hydrogens (tertiary/aromatic N) is 5. The summed E-state index contributed by atoms with van der Waals surface area (Å²) < 4.78 is 19.4. The molecule has 8 aromatic carbocycles. The molecule has 0 radical (unpaired) electrons. The molecule has 0 N–H and O–H groups in total. The number of hydrogen-bond acceptors (Lipinski definition) is 8. The molecule has 0 spiro atoms. The summed E-state index contributed by atoms with van der Waals surface area (Å²) >= 11 is 0.